The lowest BCUT2D eigenvalue weighted by Gasteiger charge is -2.07. The van der Waals surface area contributed by atoms with Crippen LogP contribution in [0, 0.1) is 0 Å². The van der Waals surface area contributed by atoms with Crippen molar-refractivity contribution in [2.75, 3.05) is 34.0 Å². The van der Waals surface area contributed by atoms with E-state index in [0.717, 1.165) is 0 Å². The van der Waals surface area contributed by atoms with Gasteiger partial charge in [-0.2, -0.15) is 0 Å². The van der Waals surface area contributed by atoms with E-state index in [1.807, 2.05) is 0 Å². The van der Waals surface area contributed by atoms with Crippen LogP contribution < -0.4 is 0 Å². The van der Waals surface area contributed by atoms with Gasteiger partial charge in [-0.1, -0.05) is 0 Å². The molecule has 0 aliphatic heterocycles. The van der Waals surface area contributed by atoms with Crippen LogP contribution in [-0.4, -0.2) is 38.2 Å². The van der Waals surface area contributed by atoms with Crippen molar-refractivity contribution in [3.63, 3.8) is 0 Å². The first-order valence-electron chi connectivity index (χ1n) is 3.04. The van der Waals surface area contributed by atoms with Crippen LogP contribution in [0.4, 0.5) is 0 Å². The molecule has 0 radical (unpaired) electrons. The van der Waals surface area contributed by atoms with Gasteiger partial charge < -0.3 is 14.2 Å². The minimum Gasteiger partial charge on any atom is -0.382 e. The molecule has 0 amide bonds. The molecule has 0 saturated carbocycles. The highest BCUT2D eigenvalue weighted by atomic mass is 127. The van der Waals surface area contributed by atoms with Crippen LogP contribution in [0.25, 0.3) is 0 Å². The molecule has 62 valence electrons. The second-order valence-electron chi connectivity index (χ2n) is 1.71. The predicted octanol–water partition coefficient (Wildman–Crippen LogP) is 1.06. The van der Waals surface area contributed by atoms with Crippen LogP contribution in [0.2, 0.25) is 0 Å². The van der Waals surface area contributed by atoms with Crippen molar-refractivity contribution in [1.29, 1.82) is 0 Å². The van der Waals surface area contributed by atoms with E-state index in [2.05, 4.69) is 22.6 Å². The first kappa shape index (κ1) is 10.6. The summed E-state index contributed by atoms with van der Waals surface area (Å²) in [5, 5.41) is 0. The second-order valence-corrected chi connectivity index (χ2v) is 3.10. The molecule has 0 aromatic rings. The van der Waals surface area contributed by atoms with Gasteiger partial charge in [-0.15, -0.1) is 0 Å². The van der Waals surface area contributed by atoms with Gasteiger partial charge in [0.25, 0.3) is 0 Å². The van der Waals surface area contributed by atoms with Gasteiger partial charge in [0.15, 0.2) is 0 Å². The van der Waals surface area contributed by atoms with Crippen molar-refractivity contribution >= 4 is 22.6 Å². The number of hydrogen-bond donors (Lipinski definition) is 0. The number of methoxy groups -OCH3 is 2. The molecule has 0 spiro atoms. The van der Waals surface area contributed by atoms with Crippen molar-refractivity contribution < 1.29 is 14.2 Å². The molecule has 10 heavy (non-hydrogen) atoms. The summed E-state index contributed by atoms with van der Waals surface area (Å²) in [6.45, 7) is 1.91. The molecule has 0 aromatic carbocycles. The number of halogens is 1. The summed E-state index contributed by atoms with van der Waals surface area (Å²) in [5.74, 6) is 0. The molecule has 0 aromatic heterocycles. The topological polar surface area (TPSA) is 27.7 Å². The van der Waals surface area contributed by atoms with Gasteiger partial charge in [0.1, 0.15) is 4.11 Å². The zero-order chi connectivity index (χ0) is 7.82. The summed E-state index contributed by atoms with van der Waals surface area (Å²) in [6.07, 6.45) is 0. The molecule has 0 rings (SSSR count). The zero-order valence-corrected chi connectivity index (χ0v) is 8.46. The van der Waals surface area contributed by atoms with E-state index in [4.69, 9.17) is 14.2 Å². The van der Waals surface area contributed by atoms with Crippen LogP contribution in [0.1, 0.15) is 0 Å². The Kier molecular flexibility index (Phi) is 8.18. The lowest BCUT2D eigenvalue weighted by atomic mass is 10.7. The molecule has 0 N–H and O–H groups in total. The third kappa shape index (κ3) is 6.73. The van der Waals surface area contributed by atoms with E-state index in [9.17, 15) is 0 Å². The fraction of sp³-hybridized carbons (Fsp3) is 1.00. The highest BCUT2D eigenvalue weighted by Gasteiger charge is 1.98. The van der Waals surface area contributed by atoms with Gasteiger partial charge in [-0.3, -0.25) is 0 Å². The highest BCUT2D eigenvalue weighted by Crippen LogP contribution is 2.00. The molecule has 0 heterocycles. The first-order chi connectivity index (χ1) is 4.81. The average Bonchev–Trinajstić information content (AvgIpc) is 1.98. The van der Waals surface area contributed by atoms with Crippen molar-refractivity contribution in [3.8, 4) is 0 Å². The van der Waals surface area contributed by atoms with Gasteiger partial charge in [-0.25, -0.2) is 0 Å². The zero-order valence-electron chi connectivity index (χ0n) is 6.30. The normalized spacial score (nSPS) is 13.5. The SMILES string of the molecule is COCCOCC(I)OC. The molecular formula is C6H13IO3. The second kappa shape index (κ2) is 7.71. The Hall–Kier alpha value is 0.610. The fourth-order valence-corrected chi connectivity index (χ4v) is 0.641. The third-order valence-corrected chi connectivity index (χ3v) is 1.80. The molecule has 1 unspecified atom stereocenters. The lowest BCUT2D eigenvalue weighted by molar-refractivity contribution is 0.0321. The molecule has 0 aliphatic carbocycles. The summed E-state index contributed by atoms with van der Waals surface area (Å²) in [7, 11) is 3.32. The Morgan fingerprint density at radius 2 is 2.00 bits per heavy atom. The van der Waals surface area contributed by atoms with Crippen LogP contribution in [-0.2, 0) is 14.2 Å². The van der Waals surface area contributed by atoms with Gasteiger partial charge in [-0.05, 0) is 22.6 Å². The quantitative estimate of drug-likeness (QED) is 0.406. The smallest absolute Gasteiger partial charge is 0.131 e. The molecule has 3 nitrogen and oxygen atoms in total. The predicted molar refractivity (Wildman–Crippen MR) is 47.5 cm³/mol. The van der Waals surface area contributed by atoms with Crippen molar-refractivity contribution in [2.24, 2.45) is 0 Å². The highest BCUT2D eigenvalue weighted by molar-refractivity contribution is 14.1. The van der Waals surface area contributed by atoms with E-state index < -0.39 is 0 Å². The maximum Gasteiger partial charge on any atom is 0.131 e. The summed E-state index contributed by atoms with van der Waals surface area (Å²) in [6, 6.07) is 0. The van der Waals surface area contributed by atoms with E-state index in [-0.39, 0.29) is 4.11 Å². The summed E-state index contributed by atoms with van der Waals surface area (Å²) < 4.78 is 15.1. The molecule has 0 saturated heterocycles. The number of ether oxygens (including phenoxy) is 3. The Bertz CT molecular complexity index is 70.0. The minimum absolute atomic E-state index is 0.148. The fourth-order valence-electron chi connectivity index (χ4n) is 0.386. The van der Waals surface area contributed by atoms with Crippen molar-refractivity contribution in [1.82, 2.24) is 0 Å². The Balaban J connectivity index is 2.89. The average molecular weight is 260 g/mol. The Labute approximate surface area is 75.2 Å². The van der Waals surface area contributed by atoms with E-state index >= 15 is 0 Å². The maximum atomic E-state index is 5.17. The first-order valence-corrected chi connectivity index (χ1v) is 4.29. The van der Waals surface area contributed by atoms with Crippen LogP contribution >= 0.6 is 22.6 Å². The maximum absolute atomic E-state index is 5.17. The molecule has 0 aliphatic rings. The minimum atomic E-state index is 0.148. The molecule has 4 heteroatoms. The number of hydrogen-bond acceptors (Lipinski definition) is 3. The standard InChI is InChI=1S/C6H13IO3/c1-8-3-4-10-5-6(7)9-2/h6H,3-5H2,1-2H3. The molecule has 0 bridgehead atoms. The van der Waals surface area contributed by atoms with Crippen molar-refractivity contribution in [2.45, 2.75) is 4.11 Å². The van der Waals surface area contributed by atoms with E-state index in [1.54, 1.807) is 14.2 Å². The summed E-state index contributed by atoms with van der Waals surface area (Å²) >= 11 is 2.17. The van der Waals surface area contributed by atoms with E-state index in [1.165, 1.54) is 0 Å². The lowest BCUT2D eigenvalue weighted by Crippen LogP contribution is -2.12. The molecule has 0 fully saturated rings. The Morgan fingerprint density at radius 1 is 1.30 bits per heavy atom. The van der Waals surface area contributed by atoms with Crippen molar-refractivity contribution in [3.05, 3.63) is 0 Å². The van der Waals surface area contributed by atoms with Gasteiger partial charge >= 0.3 is 0 Å². The number of alkyl halides is 1. The summed E-state index contributed by atoms with van der Waals surface area (Å²) in [5.41, 5.74) is 0. The molecule has 1 atom stereocenters. The monoisotopic (exact) mass is 260 g/mol. The third-order valence-electron chi connectivity index (χ3n) is 0.936. The van der Waals surface area contributed by atoms with Gasteiger partial charge in [0, 0.05) is 14.2 Å². The summed E-state index contributed by atoms with van der Waals surface area (Å²) in [4.78, 5) is 0. The van der Waals surface area contributed by atoms with Crippen LogP contribution in [0.5, 0.6) is 0 Å². The van der Waals surface area contributed by atoms with Crippen LogP contribution in [0.3, 0.4) is 0 Å². The van der Waals surface area contributed by atoms with E-state index in [0.29, 0.717) is 19.8 Å². The largest absolute Gasteiger partial charge is 0.382 e. The molecular weight excluding hydrogens is 247 g/mol. The van der Waals surface area contributed by atoms with Gasteiger partial charge in [0.2, 0.25) is 0 Å². The Morgan fingerprint density at radius 3 is 2.50 bits per heavy atom. The number of rotatable bonds is 6. The van der Waals surface area contributed by atoms with Crippen LogP contribution in [0.15, 0.2) is 0 Å². The van der Waals surface area contributed by atoms with Gasteiger partial charge in [0.05, 0.1) is 19.8 Å².